The summed E-state index contributed by atoms with van der Waals surface area (Å²) < 4.78 is 0. The van der Waals surface area contributed by atoms with Crippen LogP contribution >= 0.6 is 0 Å². The smallest absolute Gasteiger partial charge is 0.0546 e. The molecule has 0 fully saturated rings. The van der Waals surface area contributed by atoms with E-state index >= 15 is 0 Å². The summed E-state index contributed by atoms with van der Waals surface area (Å²) in [6.45, 7) is 6.80. The van der Waals surface area contributed by atoms with Gasteiger partial charge in [-0.05, 0) is 197 Å². The van der Waals surface area contributed by atoms with E-state index in [0.29, 0.717) is 0 Å². The molecular weight excluding hydrogens is 723 g/mol. The Kier molecular flexibility index (Phi) is 6.85. The van der Waals surface area contributed by atoms with Gasteiger partial charge < -0.3 is 4.90 Å². The second-order valence-electron chi connectivity index (χ2n) is 17.0. The van der Waals surface area contributed by atoms with Crippen LogP contribution in [0.1, 0.15) is 16.7 Å². The zero-order chi connectivity index (χ0) is 39.8. The number of benzene rings is 11. The zero-order valence-electron chi connectivity index (χ0n) is 33.8. The normalized spacial score (nSPS) is 12.2. The highest BCUT2D eigenvalue weighted by Crippen LogP contribution is 2.55. The molecule has 0 aliphatic heterocycles. The van der Waals surface area contributed by atoms with Gasteiger partial charge in [-0.3, -0.25) is 0 Å². The molecule has 2 aliphatic carbocycles. The van der Waals surface area contributed by atoms with Crippen molar-refractivity contribution < 1.29 is 0 Å². The summed E-state index contributed by atoms with van der Waals surface area (Å²) >= 11 is 0. The first-order chi connectivity index (χ1) is 29.5. The maximum Gasteiger partial charge on any atom is 0.0546 e. The number of aryl methyl sites for hydroxylation is 3. The molecule has 1 nitrogen and oxygen atoms in total. The minimum Gasteiger partial charge on any atom is -0.310 e. The van der Waals surface area contributed by atoms with Crippen molar-refractivity contribution in [2.75, 3.05) is 4.90 Å². The SMILES string of the molecule is Cc1cc(C)c(-c2cc3c4cc5c(cc4c(N(c4ccccc4)c4ccccc4)cc3c3cc4c(cc23)-c2cccc3cccc-4c23)-c2cccc3cccc-5c23)c(C)c1. The van der Waals surface area contributed by atoms with Crippen LogP contribution in [0.4, 0.5) is 17.1 Å². The van der Waals surface area contributed by atoms with Gasteiger partial charge in [-0.1, -0.05) is 127 Å². The highest BCUT2D eigenvalue weighted by Gasteiger charge is 2.28. The van der Waals surface area contributed by atoms with Crippen molar-refractivity contribution in [1.29, 1.82) is 0 Å². The summed E-state index contributed by atoms with van der Waals surface area (Å²) in [5, 5.41) is 12.9. The average Bonchev–Trinajstić information content (AvgIpc) is 3.76. The molecule has 11 aromatic rings. The number of rotatable bonds is 4. The van der Waals surface area contributed by atoms with Crippen molar-refractivity contribution in [1.82, 2.24) is 0 Å². The standard InChI is InChI=1S/C59H39N/c1-34-26-35(2)57(36(3)27-34)55-32-50-51-29-46-42-23-11-16-38-17-13-25-44(59(38)42)48(46)31-54(51)56(60(39-18-6-4-7-19-39)40-20-8-5-9-21-40)33-53(50)49-28-45-41-22-10-14-37-15-12-24-43(58(37)41)47(45)30-52(49)55/h4-33H,1-3H3. The van der Waals surface area contributed by atoms with E-state index in [-0.39, 0.29) is 0 Å². The van der Waals surface area contributed by atoms with Crippen LogP contribution in [0, 0.1) is 20.8 Å². The van der Waals surface area contributed by atoms with Crippen LogP contribution in [0.15, 0.2) is 182 Å². The minimum atomic E-state index is 1.13. The van der Waals surface area contributed by atoms with E-state index in [9.17, 15) is 0 Å². The molecule has 0 amide bonds. The third kappa shape index (κ3) is 4.58. The Bertz CT molecular complexity index is 3600. The second kappa shape index (κ2) is 12.3. The van der Waals surface area contributed by atoms with Crippen molar-refractivity contribution in [2.24, 2.45) is 0 Å². The number of hydrogen-bond acceptors (Lipinski definition) is 1. The quantitative estimate of drug-likeness (QED) is 0.161. The largest absolute Gasteiger partial charge is 0.310 e. The molecule has 0 bridgehead atoms. The first-order valence-electron chi connectivity index (χ1n) is 21.1. The maximum atomic E-state index is 2.54. The van der Waals surface area contributed by atoms with Crippen molar-refractivity contribution in [2.45, 2.75) is 20.8 Å². The van der Waals surface area contributed by atoms with E-state index < -0.39 is 0 Å². The Balaban J connectivity index is 1.24. The third-order valence-electron chi connectivity index (χ3n) is 13.5. The number of anilines is 3. The van der Waals surface area contributed by atoms with Crippen LogP contribution in [-0.2, 0) is 0 Å². The van der Waals surface area contributed by atoms with Crippen molar-refractivity contribution in [3.63, 3.8) is 0 Å². The Morgan fingerprint density at radius 1 is 0.300 bits per heavy atom. The molecule has 0 heterocycles. The molecule has 60 heavy (non-hydrogen) atoms. The maximum absolute atomic E-state index is 2.54. The summed E-state index contributed by atoms with van der Waals surface area (Å²) in [5.74, 6) is 0. The Morgan fingerprint density at radius 2 is 0.683 bits per heavy atom. The molecule has 0 N–H and O–H groups in total. The lowest BCUT2D eigenvalue weighted by molar-refractivity contribution is 1.30. The van der Waals surface area contributed by atoms with Crippen LogP contribution in [-0.4, -0.2) is 0 Å². The zero-order valence-corrected chi connectivity index (χ0v) is 33.8. The minimum absolute atomic E-state index is 1.13. The molecule has 0 saturated heterocycles. The first-order valence-corrected chi connectivity index (χ1v) is 21.1. The van der Waals surface area contributed by atoms with Gasteiger partial charge in [-0.15, -0.1) is 0 Å². The molecule has 2 aliphatic rings. The summed E-state index contributed by atoms with van der Waals surface area (Å²) in [7, 11) is 0. The van der Waals surface area contributed by atoms with Gasteiger partial charge in [-0.2, -0.15) is 0 Å². The predicted octanol–water partition coefficient (Wildman–Crippen LogP) is 16.8. The number of hydrogen-bond donors (Lipinski definition) is 0. The van der Waals surface area contributed by atoms with Gasteiger partial charge in [0.1, 0.15) is 0 Å². The van der Waals surface area contributed by atoms with Crippen molar-refractivity contribution >= 4 is 70.9 Å². The van der Waals surface area contributed by atoms with E-state index in [4.69, 9.17) is 0 Å². The predicted molar refractivity (Wildman–Crippen MR) is 257 cm³/mol. The monoisotopic (exact) mass is 761 g/mol. The molecular formula is C59H39N. The summed E-state index contributed by atoms with van der Waals surface area (Å²) in [6, 6.07) is 68.7. The van der Waals surface area contributed by atoms with Crippen molar-refractivity contribution in [3.8, 4) is 55.6 Å². The molecule has 0 aromatic heterocycles. The van der Waals surface area contributed by atoms with E-state index in [0.717, 1.165) is 11.4 Å². The van der Waals surface area contributed by atoms with E-state index in [2.05, 4.69) is 208 Å². The van der Waals surface area contributed by atoms with Gasteiger partial charge in [0.2, 0.25) is 0 Å². The number of para-hydroxylation sites is 2. The Labute approximate surface area is 349 Å². The highest BCUT2D eigenvalue weighted by atomic mass is 15.1. The molecule has 280 valence electrons. The van der Waals surface area contributed by atoms with Gasteiger partial charge in [0, 0.05) is 16.8 Å². The average molecular weight is 762 g/mol. The molecule has 1 heteroatoms. The summed E-state index contributed by atoms with van der Waals surface area (Å²) in [5.41, 5.74) is 20.5. The lowest BCUT2D eigenvalue weighted by Gasteiger charge is -2.28. The fraction of sp³-hybridized carbons (Fsp3) is 0.0508. The molecule has 0 saturated carbocycles. The molecule has 0 atom stereocenters. The van der Waals surface area contributed by atoms with Gasteiger partial charge in [0.15, 0.2) is 0 Å². The van der Waals surface area contributed by atoms with Crippen LogP contribution < -0.4 is 4.90 Å². The number of fused-ring (bicyclic) bond motifs is 11. The second-order valence-corrected chi connectivity index (χ2v) is 17.0. The van der Waals surface area contributed by atoms with Crippen LogP contribution in [0.5, 0.6) is 0 Å². The van der Waals surface area contributed by atoms with Crippen LogP contribution in [0.2, 0.25) is 0 Å². The number of nitrogens with zero attached hydrogens (tertiary/aromatic N) is 1. The molecule has 0 unspecified atom stereocenters. The fourth-order valence-corrected chi connectivity index (χ4v) is 11.2. The fourth-order valence-electron chi connectivity index (χ4n) is 11.2. The van der Waals surface area contributed by atoms with E-state index in [1.165, 1.54) is 132 Å². The summed E-state index contributed by atoms with van der Waals surface area (Å²) in [4.78, 5) is 2.47. The lowest BCUT2D eigenvalue weighted by atomic mass is 9.84. The first kappa shape index (κ1) is 33.5. The lowest BCUT2D eigenvalue weighted by Crippen LogP contribution is -2.10. The molecule has 13 rings (SSSR count). The van der Waals surface area contributed by atoms with Gasteiger partial charge in [-0.25, -0.2) is 0 Å². The van der Waals surface area contributed by atoms with Crippen molar-refractivity contribution in [3.05, 3.63) is 199 Å². The molecule has 11 aromatic carbocycles. The van der Waals surface area contributed by atoms with Crippen LogP contribution in [0.3, 0.4) is 0 Å². The topological polar surface area (TPSA) is 3.24 Å². The molecule has 0 spiro atoms. The third-order valence-corrected chi connectivity index (χ3v) is 13.5. The molecule has 0 radical (unpaired) electrons. The van der Waals surface area contributed by atoms with Gasteiger partial charge in [0.05, 0.1) is 5.69 Å². The van der Waals surface area contributed by atoms with E-state index in [1.807, 2.05) is 0 Å². The van der Waals surface area contributed by atoms with E-state index in [1.54, 1.807) is 0 Å². The Hall–Kier alpha value is -7.48. The van der Waals surface area contributed by atoms with Crippen LogP contribution in [0.25, 0.3) is 109 Å². The summed E-state index contributed by atoms with van der Waals surface area (Å²) in [6.07, 6.45) is 0. The highest BCUT2D eigenvalue weighted by molar-refractivity contribution is 6.29. The van der Waals surface area contributed by atoms with Gasteiger partial charge in [0.25, 0.3) is 0 Å². The van der Waals surface area contributed by atoms with Gasteiger partial charge >= 0.3 is 0 Å². The Morgan fingerprint density at radius 3 is 1.17 bits per heavy atom.